The fourth-order valence-electron chi connectivity index (χ4n) is 6.56. The van der Waals surface area contributed by atoms with Crippen LogP contribution in [0.4, 0.5) is 0 Å². The zero-order valence-corrected chi connectivity index (χ0v) is 19.5. The van der Waals surface area contributed by atoms with E-state index >= 15 is 0 Å². The van der Waals surface area contributed by atoms with Gasteiger partial charge in [-0.25, -0.2) is 0 Å². The van der Waals surface area contributed by atoms with E-state index in [1.54, 1.807) is 0 Å². The Balaban J connectivity index is 1.34. The van der Waals surface area contributed by atoms with Gasteiger partial charge in [-0.15, -0.1) is 0 Å². The Morgan fingerprint density at radius 2 is 1.62 bits per heavy atom. The van der Waals surface area contributed by atoms with Crippen LogP contribution in [0.5, 0.6) is 5.75 Å². The number of hydrogen-bond acceptors (Lipinski definition) is 3. The van der Waals surface area contributed by atoms with E-state index in [1.807, 2.05) is 12.1 Å². The molecule has 2 fully saturated rings. The van der Waals surface area contributed by atoms with Crippen molar-refractivity contribution in [1.29, 1.82) is 0 Å². The lowest BCUT2D eigenvalue weighted by atomic mass is 9.68. The van der Waals surface area contributed by atoms with E-state index in [0.717, 1.165) is 44.6 Å². The van der Waals surface area contributed by atoms with E-state index < -0.39 is 0 Å². The number of likely N-dealkylation sites (tertiary alicyclic amines) is 1. The molecule has 0 radical (unpaired) electrons. The monoisotopic (exact) mass is 452 g/mol. The van der Waals surface area contributed by atoms with Crippen LogP contribution in [-0.4, -0.2) is 37.0 Å². The summed E-state index contributed by atoms with van der Waals surface area (Å²) < 4.78 is 5.98. The van der Waals surface area contributed by atoms with E-state index in [0.29, 0.717) is 18.4 Å². The molecule has 2 saturated heterocycles. The Morgan fingerprint density at radius 1 is 0.912 bits per heavy atom. The molecule has 0 bridgehead atoms. The fourth-order valence-corrected chi connectivity index (χ4v) is 6.56. The van der Waals surface area contributed by atoms with E-state index in [9.17, 15) is 4.79 Å². The third kappa shape index (κ3) is 3.61. The summed E-state index contributed by atoms with van der Waals surface area (Å²) in [5.74, 6) is 1.63. The lowest BCUT2D eigenvalue weighted by Crippen LogP contribution is -2.50. The smallest absolute Gasteiger partial charge is 0.228 e. The molecule has 3 aliphatic heterocycles. The van der Waals surface area contributed by atoms with Gasteiger partial charge in [-0.3, -0.25) is 4.79 Å². The maximum absolute atomic E-state index is 14.4. The fraction of sp³-hybridized carbons (Fsp3) is 0.367. The lowest BCUT2D eigenvalue weighted by Gasteiger charge is -2.45. The molecule has 0 saturated carbocycles. The van der Waals surface area contributed by atoms with Gasteiger partial charge in [0.05, 0.1) is 18.6 Å². The number of hydrogen-bond donors (Lipinski definition) is 1. The first-order valence-corrected chi connectivity index (χ1v) is 12.6. The molecule has 34 heavy (non-hydrogen) atoms. The van der Waals surface area contributed by atoms with Gasteiger partial charge in [-0.2, -0.15) is 0 Å². The third-order valence-electron chi connectivity index (χ3n) is 8.32. The summed E-state index contributed by atoms with van der Waals surface area (Å²) in [6.45, 7) is 3.02. The third-order valence-corrected chi connectivity index (χ3v) is 8.32. The number of rotatable bonds is 3. The molecule has 3 aromatic rings. The molecule has 4 atom stereocenters. The maximum atomic E-state index is 14.4. The predicted octanol–water partition coefficient (Wildman–Crippen LogP) is 5.07. The molecule has 1 amide bonds. The minimum absolute atomic E-state index is 0.0722. The van der Waals surface area contributed by atoms with Gasteiger partial charge in [0.2, 0.25) is 5.91 Å². The number of fused-ring (bicyclic) bond motifs is 2. The molecule has 0 aromatic heterocycles. The van der Waals surface area contributed by atoms with Crippen LogP contribution in [0.2, 0.25) is 0 Å². The summed E-state index contributed by atoms with van der Waals surface area (Å²) in [7, 11) is 0. The van der Waals surface area contributed by atoms with Gasteiger partial charge >= 0.3 is 0 Å². The van der Waals surface area contributed by atoms with Gasteiger partial charge in [0.25, 0.3) is 0 Å². The SMILES string of the molecule is O=C([C@@H]1CNC[C@]12CCOc1ccccc12)N1CC[C@@H](c2ccccc2)C[C@H]1c1ccccc1. The topological polar surface area (TPSA) is 41.6 Å². The second-order valence-electron chi connectivity index (χ2n) is 10.0. The number of carbonyl (C=O) groups is 1. The van der Waals surface area contributed by atoms with Crippen LogP contribution in [0.3, 0.4) is 0 Å². The second-order valence-corrected chi connectivity index (χ2v) is 10.0. The van der Waals surface area contributed by atoms with Crippen LogP contribution in [0, 0.1) is 5.92 Å². The number of para-hydroxylation sites is 1. The molecule has 0 unspecified atom stereocenters. The van der Waals surface area contributed by atoms with Crippen LogP contribution in [0.15, 0.2) is 84.9 Å². The van der Waals surface area contributed by atoms with Crippen LogP contribution in [-0.2, 0) is 10.2 Å². The van der Waals surface area contributed by atoms with Crippen LogP contribution in [0.25, 0.3) is 0 Å². The molecule has 4 heteroatoms. The van der Waals surface area contributed by atoms with E-state index in [-0.39, 0.29) is 17.4 Å². The Bertz CT molecular complexity index is 1150. The van der Waals surface area contributed by atoms with Crippen molar-refractivity contribution < 1.29 is 9.53 Å². The van der Waals surface area contributed by atoms with Crippen molar-refractivity contribution in [1.82, 2.24) is 10.2 Å². The highest BCUT2D eigenvalue weighted by Crippen LogP contribution is 2.48. The van der Waals surface area contributed by atoms with Crippen molar-refractivity contribution in [3.8, 4) is 5.75 Å². The Morgan fingerprint density at radius 3 is 2.41 bits per heavy atom. The number of nitrogens with zero attached hydrogens (tertiary/aromatic N) is 1. The number of amides is 1. The molecular formula is C30H32N2O2. The van der Waals surface area contributed by atoms with Crippen LogP contribution in [0.1, 0.15) is 47.9 Å². The van der Waals surface area contributed by atoms with Crippen molar-refractivity contribution in [3.63, 3.8) is 0 Å². The summed E-state index contributed by atoms with van der Waals surface area (Å²) in [6.07, 6.45) is 2.85. The van der Waals surface area contributed by atoms with E-state index in [1.165, 1.54) is 16.7 Å². The van der Waals surface area contributed by atoms with Crippen molar-refractivity contribution in [2.24, 2.45) is 5.92 Å². The van der Waals surface area contributed by atoms with Crippen molar-refractivity contribution in [2.45, 2.75) is 36.6 Å². The van der Waals surface area contributed by atoms with E-state index in [4.69, 9.17) is 4.74 Å². The quantitative estimate of drug-likeness (QED) is 0.603. The average Bonchev–Trinajstić information content (AvgIpc) is 3.33. The summed E-state index contributed by atoms with van der Waals surface area (Å²) >= 11 is 0. The van der Waals surface area contributed by atoms with Crippen molar-refractivity contribution >= 4 is 5.91 Å². The second kappa shape index (κ2) is 8.92. The minimum Gasteiger partial charge on any atom is -0.493 e. The zero-order valence-electron chi connectivity index (χ0n) is 19.5. The molecule has 1 spiro atoms. The Hall–Kier alpha value is -3.11. The number of ether oxygens (including phenoxy) is 1. The zero-order chi connectivity index (χ0) is 23.0. The number of piperidine rings is 1. The number of nitrogens with one attached hydrogen (secondary N) is 1. The first kappa shape index (κ1) is 21.4. The van der Waals surface area contributed by atoms with Crippen molar-refractivity contribution in [3.05, 3.63) is 102 Å². The molecule has 3 heterocycles. The first-order valence-electron chi connectivity index (χ1n) is 12.6. The van der Waals surface area contributed by atoms with Gasteiger partial charge in [-0.1, -0.05) is 78.9 Å². The predicted molar refractivity (Wildman–Crippen MR) is 134 cm³/mol. The molecule has 0 aliphatic carbocycles. The molecule has 174 valence electrons. The minimum atomic E-state index is -0.191. The van der Waals surface area contributed by atoms with Crippen LogP contribution < -0.4 is 10.1 Å². The number of carbonyl (C=O) groups excluding carboxylic acids is 1. The normalized spacial score (nSPS) is 28.4. The molecule has 1 N–H and O–H groups in total. The summed E-state index contributed by atoms with van der Waals surface area (Å²) in [5.41, 5.74) is 3.63. The van der Waals surface area contributed by atoms with Gasteiger partial charge < -0.3 is 15.0 Å². The summed E-state index contributed by atoms with van der Waals surface area (Å²) in [6, 6.07) is 29.8. The molecular weight excluding hydrogens is 420 g/mol. The van der Waals surface area contributed by atoms with Crippen molar-refractivity contribution in [2.75, 3.05) is 26.2 Å². The molecule has 4 nitrogen and oxygen atoms in total. The van der Waals surface area contributed by atoms with Crippen LogP contribution >= 0.6 is 0 Å². The largest absolute Gasteiger partial charge is 0.493 e. The maximum Gasteiger partial charge on any atom is 0.228 e. The van der Waals surface area contributed by atoms with Gasteiger partial charge in [0.1, 0.15) is 5.75 Å². The Labute approximate surface area is 201 Å². The summed E-state index contributed by atoms with van der Waals surface area (Å²) in [4.78, 5) is 16.6. The average molecular weight is 453 g/mol. The highest BCUT2D eigenvalue weighted by atomic mass is 16.5. The van der Waals surface area contributed by atoms with E-state index in [2.05, 4.69) is 83.0 Å². The highest BCUT2D eigenvalue weighted by molar-refractivity contribution is 5.82. The van der Waals surface area contributed by atoms with Gasteiger partial charge in [0.15, 0.2) is 0 Å². The number of benzene rings is 3. The first-order chi connectivity index (χ1) is 16.8. The lowest BCUT2D eigenvalue weighted by molar-refractivity contribution is -0.141. The van der Waals surface area contributed by atoms with Gasteiger partial charge in [0, 0.05) is 30.6 Å². The molecule has 3 aliphatic rings. The highest BCUT2D eigenvalue weighted by Gasteiger charge is 2.52. The van der Waals surface area contributed by atoms with Gasteiger partial charge in [-0.05, 0) is 42.4 Å². The summed E-state index contributed by atoms with van der Waals surface area (Å²) in [5, 5.41) is 3.58. The molecule has 6 rings (SSSR count). The standard InChI is InChI=1S/C30H32N2O2/c33-29(26-20-31-21-30(26)16-18-34-28-14-8-7-13-25(28)30)32-17-15-24(22-9-3-1-4-10-22)19-27(32)23-11-5-2-6-12-23/h1-14,24,26-27,31H,15-21H2/t24-,26+,27+,30+/m1/s1. The molecule has 3 aromatic carbocycles. The Kier molecular flexibility index (Phi) is 5.62.